The van der Waals surface area contributed by atoms with Crippen LogP contribution in [0.1, 0.15) is 15.9 Å². The van der Waals surface area contributed by atoms with Gasteiger partial charge in [0, 0.05) is 22.2 Å². The highest BCUT2D eigenvalue weighted by Gasteiger charge is 2.12. The maximum atomic E-state index is 12.3. The van der Waals surface area contributed by atoms with Crippen LogP contribution in [0.25, 0.3) is 0 Å². The molecule has 3 rings (SSSR count). The largest absolute Gasteiger partial charge is 0.298 e. The minimum absolute atomic E-state index is 0.113. The summed E-state index contributed by atoms with van der Waals surface area (Å²) in [5, 5.41) is 9.49. The Hall–Kier alpha value is -1.63. The van der Waals surface area contributed by atoms with Gasteiger partial charge < -0.3 is 0 Å². The second-order valence-electron chi connectivity index (χ2n) is 4.21. The molecule has 106 valence electrons. The van der Waals surface area contributed by atoms with E-state index in [0.717, 1.165) is 10.6 Å². The number of hydrogen-bond acceptors (Lipinski definition) is 5. The molecule has 0 atom stereocenters. The Kier molecular flexibility index (Phi) is 4.69. The number of carbonyl (C=O) groups is 1. The number of rotatable bonds is 5. The number of nitrogens with zero attached hydrogens (tertiary/aromatic N) is 1. The van der Waals surface area contributed by atoms with E-state index in [1.54, 1.807) is 29.3 Å². The van der Waals surface area contributed by atoms with Crippen molar-refractivity contribution in [2.45, 2.75) is 10.6 Å². The quantitative estimate of drug-likeness (QED) is 0.686. The normalized spacial score (nSPS) is 10.5. The predicted octanol–water partition coefficient (Wildman–Crippen LogP) is 4.75. The van der Waals surface area contributed by atoms with Crippen LogP contribution in [0.2, 0.25) is 0 Å². The second-order valence-corrected chi connectivity index (χ2v) is 6.90. The Morgan fingerprint density at radius 2 is 2.14 bits per heavy atom. The van der Waals surface area contributed by atoms with Gasteiger partial charge in [-0.3, -0.25) is 10.1 Å². The molecule has 21 heavy (non-hydrogen) atoms. The Morgan fingerprint density at radius 1 is 1.24 bits per heavy atom. The SMILES string of the molecule is O=C(Nc1nccs1)c1ccccc1SCc1ccsc1. The molecule has 0 radical (unpaired) electrons. The average Bonchev–Trinajstić information content (AvgIpc) is 3.18. The van der Waals surface area contributed by atoms with Crippen molar-refractivity contribution in [1.82, 2.24) is 4.98 Å². The molecule has 3 aromatic rings. The maximum absolute atomic E-state index is 12.3. The molecule has 1 amide bonds. The molecular formula is C15H12N2OS3. The van der Waals surface area contributed by atoms with Gasteiger partial charge in [-0.2, -0.15) is 11.3 Å². The zero-order chi connectivity index (χ0) is 14.5. The number of anilines is 1. The van der Waals surface area contributed by atoms with E-state index < -0.39 is 0 Å². The Morgan fingerprint density at radius 3 is 2.90 bits per heavy atom. The predicted molar refractivity (Wildman–Crippen MR) is 90.4 cm³/mol. The van der Waals surface area contributed by atoms with E-state index in [9.17, 15) is 4.79 Å². The third-order valence-corrected chi connectivity index (χ3v) is 5.32. The molecule has 0 saturated carbocycles. The molecule has 0 spiro atoms. The van der Waals surface area contributed by atoms with Crippen molar-refractivity contribution in [3.05, 3.63) is 63.8 Å². The van der Waals surface area contributed by atoms with Gasteiger partial charge >= 0.3 is 0 Å². The first-order valence-electron chi connectivity index (χ1n) is 6.26. The first-order valence-corrected chi connectivity index (χ1v) is 9.07. The van der Waals surface area contributed by atoms with Gasteiger partial charge in [-0.05, 0) is 34.5 Å². The fourth-order valence-electron chi connectivity index (χ4n) is 1.77. The summed E-state index contributed by atoms with van der Waals surface area (Å²) in [7, 11) is 0. The lowest BCUT2D eigenvalue weighted by molar-refractivity contribution is 0.102. The Balaban J connectivity index is 1.74. The van der Waals surface area contributed by atoms with Crippen LogP contribution in [-0.2, 0) is 5.75 Å². The van der Waals surface area contributed by atoms with Crippen molar-refractivity contribution >= 4 is 45.5 Å². The Bertz CT molecular complexity index is 708. The van der Waals surface area contributed by atoms with Gasteiger partial charge in [0.05, 0.1) is 5.56 Å². The number of benzene rings is 1. The van der Waals surface area contributed by atoms with Crippen LogP contribution in [0, 0.1) is 0 Å². The van der Waals surface area contributed by atoms with E-state index in [1.165, 1.54) is 16.9 Å². The van der Waals surface area contributed by atoms with Crippen LogP contribution in [0.15, 0.2) is 57.6 Å². The highest BCUT2D eigenvalue weighted by Crippen LogP contribution is 2.27. The summed E-state index contributed by atoms with van der Waals surface area (Å²) >= 11 is 4.78. The summed E-state index contributed by atoms with van der Waals surface area (Å²) < 4.78 is 0. The van der Waals surface area contributed by atoms with Crippen LogP contribution in [0.4, 0.5) is 5.13 Å². The maximum Gasteiger partial charge on any atom is 0.258 e. The van der Waals surface area contributed by atoms with Crippen LogP contribution in [-0.4, -0.2) is 10.9 Å². The van der Waals surface area contributed by atoms with E-state index in [1.807, 2.05) is 29.6 Å². The highest BCUT2D eigenvalue weighted by atomic mass is 32.2. The molecule has 2 heterocycles. The number of carbonyl (C=O) groups excluding carboxylic acids is 1. The molecule has 3 nitrogen and oxygen atoms in total. The fourth-order valence-corrected chi connectivity index (χ4v) is 4.06. The molecule has 0 aliphatic carbocycles. The van der Waals surface area contributed by atoms with Gasteiger partial charge in [-0.15, -0.1) is 23.1 Å². The summed E-state index contributed by atoms with van der Waals surface area (Å²) in [6.07, 6.45) is 1.68. The van der Waals surface area contributed by atoms with Crippen molar-refractivity contribution in [2.24, 2.45) is 0 Å². The minimum atomic E-state index is -0.113. The fraction of sp³-hybridized carbons (Fsp3) is 0.0667. The molecule has 0 unspecified atom stereocenters. The van der Waals surface area contributed by atoms with E-state index >= 15 is 0 Å². The third kappa shape index (κ3) is 3.72. The van der Waals surface area contributed by atoms with Crippen molar-refractivity contribution in [3.63, 3.8) is 0 Å². The number of amides is 1. The van der Waals surface area contributed by atoms with Gasteiger partial charge in [0.15, 0.2) is 5.13 Å². The standard InChI is InChI=1S/C15H12N2OS3/c18-14(17-15-16-6-8-20-15)12-3-1-2-4-13(12)21-10-11-5-7-19-9-11/h1-9H,10H2,(H,16,17,18). The first-order chi connectivity index (χ1) is 10.3. The van der Waals surface area contributed by atoms with Crippen LogP contribution in [0.3, 0.4) is 0 Å². The van der Waals surface area contributed by atoms with E-state index in [4.69, 9.17) is 0 Å². The zero-order valence-electron chi connectivity index (χ0n) is 11.0. The minimum Gasteiger partial charge on any atom is -0.298 e. The highest BCUT2D eigenvalue weighted by molar-refractivity contribution is 7.98. The van der Waals surface area contributed by atoms with Crippen LogP contribution < -0.4 is 5.32 Å². The molecule has 0 aliphatic rings. The van der Waals surface area contributed by atoms with Crippen molar-refractivity contribution in [1.29, 1.82) is 0 Å². The van der Waals surface area contributed by atoms with Gasteiger partial charge in [-0.1, -0.05) is 12.1 Å². The number of hydrogen-bond donors (Lipinski definition) is 1. The van der Waals surface area contributed by atoms with Crippen molar-refractivity contribution in [3.8, 4) is 0 Å². The number of aromatic nitrogens is 1. The van der Waals surface area contributed by atoms with Crippen LogP contribution >= 0.6 is 34.4 Å². The summed E-state index contributed by atoms with van der Waals surface area (Å²) in [5.41, 5.74) is 1.97. The van der Waals surface area contributed by atoms with Gasteiger partial charge in [0.1, 0.15) is 0 Å². The van der Waals surface area contributed by atoms with Gasteiger partial charge in [0.2, 0.25) is 0 Å². The smallest absolute Gasteiger partial charge is 0.258 e. The summed E-state index contributed by atoms with van der Waals surface area (Å²) in [4.78, 5) is 17.4. The lowest BCUT2D eigenvalue weighted by Gasteiger charge is -2.08. The van der Waals surface area contributed by atoms with E-state index in [-0.39, 0.29) is 5.91 Å². The van der Waals surface area contributed by atoms with Crippen LogP contribution in [0.5, 0.6) is 0 Å². The van der Waals surface area contributed by atoms with Gasteiger partial charge in [-0.25, -0.2) is 4.98 Å². The van der Waals surface area contributed by atoms with Crippen molar-refractivity contribution in [2.75, 3.05) is 5.32 Å². The molecule has 1 aromatic carbocycles. The first kappa shape index (κ1) is 14.3. The third-order valence-electron chi connectivity index (χ3n) is 2.76. The monoisotopic (exact) mass is 332 g/mol. The average molecular weight is 332 g/mol. The Labute approximate surface area is 135 Å². The van der Waals surface area contributed by atoms with Crippen molar-refractivity contribution < 1.29 is 4.79 Å². The number of nitrogens with one attached hydrogen (secondary N) is 1. The second kappa shape index (κ2) is 6.89. The molecule has 0 saturated heterocycles. The number of thioether (sulfide) groups is 1. The van der Waals surface area contributed by atoms with E-state index in [0.29, 0.717) is 10.7 Å². The molecule has 2 aromatic heterocycles. The molecule has 1 N–H and O–H groups in total. The zero-order valence-corrected chi connectivity index (χ0v) is 13.4. The molecule has 0 fully saturated rings. The summed E-state index contributed by atoms with van der Waals surface area (Å²) in [6.45, 7) is 0. The molecule has 6 heteroatoms. The molecule has 0 bridgehead atoms. The van der Waals surface area contributed by atoms with E-state index in [2.05, 4.69) is 27.1 Å². The lowest BCUT2D eigenvalue weighted by Crippen LogP contribution is -2.12. The van der Waals surface area contributed by atoms with Gasteiger partial charge in [0.25, 0.3) is 5.91 Å². The summed E-state index contributed by atoms with van der Waals surface area (Å²) in [6, 6.07) is 9.77. The molecular weight excluding hydrogens is 320 g/mol. The lowest BCUT2D eigenvalue weighted by atomic mass is 10.2. The molecule has 0 aliphatic heterocycles. The number of thiazole rings is 1. The number of thiophene rings is 1. The summed E-state index contributed by atoms with van der Waals surface area (Å²) in [5.74, 6) is 0.753. The topological polar surface area (TPSA) is 42.0 Å².